The van der Waals surface area contributed by atoms with E-state index < -0.39 is 0 Å². The zero-order valence-electron chi connectivity index (χ0n) is 27.3. The molecule has 0 unspecified atom stereocenters. The van der Waals surface area contributed by atoms with E-state index in [1.807, 2.05) is 48.7 Å². The van der Waals surface area contributed by atoms with Gasteiger partial charge >= 0.3 is 0 Å². The second-order valence-electron chi connectivity index (χ2n) is 12.4. The zero-order chi connectivity index (χ0) is 33.4. The maximum Gasteiger partial charge on any atom is 0.164 e. The molecule has 0 N–H and O–H groups in total. The van der Waals surface area contributed by atoms with Gasteiger partial charge in [0.15, 0.2) is 23.1 Å². The van der Waals surface area contributed by atoms with Crippen LogP contribution < -0.4 is 0 Å². The minimum Gasteiger partial charge on any atom is -0.454 e. The monoisotopic (exact) mass is 642 g/mol. The molecule has 0 radical (unpaired) electrons. The molecule has 6 aromatic carbocycles. The fourth-order valence-corrected chi connectivity index (χ4v) is 6.63. The molecule has 0 fully saturated rings. The van der Waals surface area contributed by atoms with Crippen LogP contribution in [0.4, 0.5) is 0 Å². The smallest absolute Gasteiger partial charge is 0.164 e. The number of furan rings is 1. The Morgan fingerprint density at radius 2 is 0.980 bits per heavy atom. The van der Waals surface area contributed by atoms with Gasteiger partial charge in [-0.05, 0) is 58.5 Å². The molecule has 236 valence electrons. The molecule has 0 aliphatic carbocycles. The van der Waals surface area contributed by atoms with Gasteiger partial charge in [-0.15, -0.1) is 0 Å². The summed E-state index contributed by atoms with van der Waals surface area (Å²) in [5.74, 6) is 1.80. The van der Waals surface area contributed by atoms with Gasteiger partial charge in [0.25, 0.3) is 0 Å². The van der Waals surface area contributed by atoms with Crippen molar-refractivity contribution in [2.45, 2.75) is 6.92 Å². The van der Waals surface area contributed by atoms with Crippen molar-refractivity contribution >= 4 is 21.9 Å². The van der Waals surface area contributed by atoms with Crippen LogP contribution in [0.2, 0.25) is 0 Å². The highest BCUT2D eigenvalue weighted by Gasteiger charge is 2.17. The summed E-state index contributed by atoms with van der Waals surface area (Å²) in [4.78, 5) is 19.5. The molecule has 0 bridgehead atoms. The highest BCUT2D eigenvalue weighted by atomic mass is 16.3. The SMILES string of the molecule is Cc1ccccc1-c1ccc(-c2nc(-c3ccccc3)nc(-c3ccc4c(c3)oc3cncc(-c5cccc(-c6ccccc6)c5)c34)n2)cc1. The molecule has 0 aliphatic heterocycles. The first-order valence-corrected chi connectivity index (χ1v) is 16.6. The quantitative estimate of drug-likeness (QED) is 0.181. The van der Waals surface area contributed by atoms with E-state index in [-0.39, 0.29) is 0 Å². The molecule has 0 amide bonds. The Kier molecular flexibility index (Phi) is 7.29. The van der Waals surface area contributed by atoms with Gasteiger partial charge in [-0.2, -0.15) is 0 Å². The molecule has 0 saturated heterocycles. The third kappa shape index (κ3) is 5.41. The summed E-state index contributed by atoms with van der Waals surface area (Å²) in [6, 6.07) is 52.0. The molecule has 3 heterocycles. The van der Waals surface area contributed by atoms with Crippen molar-refractivity contribution in [1.82, 2.24) is 19.9 Å². The van der Waals surface area contributed by atoms with Gasteiger partial charge in [-0.1, -0.05) is 133 Å². The van der Waals surface area contributed by atoms with E-state index in [4.69, 9.17) is 19.4 Å². The van der Waals surface area contributed by atoms with Gasteiger partial charge in [0.05, 0.1) is 6.20 Å². The summed E-state index contributed by atoms with van der Waals surface area (Å²) in [6.07, 6.45) is 3.71. The first-order chi connectivity index (χ1) is 24.7. The Labute approximate surface area is 289 Å². The average Bonchev–Trinajstić information content (AvgIpc) is 3.57. The maximum atomic E-state index is 6.45. The van der Waals surface area contributed by atoms with E-state index in [0.717, 1.165) is 60.9 Å². The number of hydrogen-bond donors (Lipinski definition) is 0. The van der Waals surface area contributed by atoms with Crippen molar-refractivity contribution in [3.8, 4) is 67.5 Å². The van der Waals surface area contributed by atoms with Crippen molar-refractivity contribution in [3.63, 3.8) is 0 Å². The molecule has 0 saturated carbocycles. The summed E-state index contributed by atoms with van der Waals surface area (Å²) >= 11 is 0. The van der Waals surface area contributed by atoms with E-state index in [9.17, 15) is 0 Å². The van der Waals surface area contributed by atoms with Crippen LogP contribution in [-0.4, -0.2) is 19.9 Å². The second kappa shape index (κ2) is 12.4. The Balaban J connectivity index is 1.14. The maximum absolute atomic E-state index is 6.45. The molecular weight excluding hydrogens is 613 g/mol. The number of hydrogen-bond acceptors (Lipinski definition) is 5. The van der Waals surface area contributed by atoms with E-state index in [1.54, 1.807) is 6.20 Å². The Morgan fingerprint density at radius 1 is 0.400 bits per heavy atom. The number of rotatable bonds is 6. The van der Waals surface area contributed by atoms with Crippen LogP contribution in [-0.2, 0) is 0 Å². The lowest BCUT2D eigenvalue weighted by atomic mass is 9.97. The van der Waals surface area contributed by atoms with Crippen LogP contribution in [0.5, 0.6) is 0 Å². The lowest BCUT2D eigenvalue weighted by Crippen LogP contribution is -2.00. The first-order valence-electron chi connectivity index (χ1n) is 16.6. The molecule has 5 nitrogen and oxygen atoms in total. The minimum atomic E-state index is 0.577. The lowest BCUT2D eigenvalue weighted by Gasteiger charge is -2.10. The number of fused-ring (bicyclic) bond motifs is 3. The Morgan fingerprint density at radius 3 is 1.72 bits per heavy atom. The van der Waals surface area contributed by atoms with E-state index >= 15 is 0 Å². The van der Waals surface area contributed by atoms with Crippen LogP contribution in [0.1, 0.15) is 5.56 Å². The van der Waals surface area contributed by atoms with Crippen LogP contribution >= 0.6 is 0 Å². The van der Waals surface area contributed by atoms with Gasteiger partial charge in [-0.3, -0.25) is 4.98 Å². The standard InChI is InChI=1S/C45H30N4O/c1-29-11-8-9-18-37(29)31-19-21-33(22-20-31)44-47-43(32-14-6-3-7-15-32)48-45(49-44)36-23-24-38-40(26-36)50-41-28-46-27-39(42(38)41)35-17-10-16-34(25-35)30-12-4-2-5-13-30/h2-28H,1H3. The predicted octanol–water partition coefficient (Wildman–Crippen LogP) is 11.5. The number of benzene rings is 6. The molecule has 5 heteroatoms. The topological polar surface area (TPSA) is 64.7 Å². The van der Waals surface area contributed by atoms with Crippen LogP contribution in [0.3, 0.4) is 0 Å². The molecule has 9 aromatic rings. The van der Waals surface area contributed by atoms with E-state index in [0.29, 0.717) is 17.5 Å². The number of nitrogens with zero attached hydrogens (tertiary/aromatic N) is 4. The average molecular weight is 643 g/mol. The molecule has 3 aromatic heterocycles. The number of aryl methyl sites for hydroxylation is 1. The summed E-state index contributed by atoms with van der Waals surface area (Å²) in [5, 5.41) is 2.04. The van der Waals surface area contributed by atoms with Crippen LogP contribution in [0, 0.1) is 6.92 Å². The van der Waals surface area contributed by atoms with Crippen molar-refractivity contribution < 1.29 is 4.42 Å². The van der Waals surface area contributed by atoms with Crippen molar-refractivity contribution in [3.05, 3.63) is 170 Å². The fraction of sp³-hybridized carbons (Fsp3) is 0.0222. The molecule has 0 spiro atoms. The fourth-order valence-electron chi connectivity index (χ4n) is 6.63. The van der Waals surface area contributed by atoms with Crippen molar-refractivity contribution in [2.75, 3.05) is 0 Å². The third-order valence-electron chi connectivity index (χ3n) is 9.19. The highest BCUT2D eigenvalue weighted by molar-refractivity contribution is 6.12. The minimum absolute atomic E-state index is 0.577. The number of aromatic nitrogens is 4. The van der Waals surface area contributed by atoms with Gasteiger partial charge in [0, 0.05) is 39.2 Å². The third-order valence-corrected chi connectivity index (χ3v) is 9.19. The predicted molar refractivity (Wildman–Crippen MR) is 202 cm³/mol. The summed E-state index contributed by atoms with van der Waals surface area (Å²) in [6.45, 7) is 2.13. The van der Waals surface area contributed by atoms with Crippen molar-refractivity contribution in [1.29, 1.82) is 0 Å². The molecule has 0 aliphatic rings. The number of pyridine rings is 1. The van der Waals surface area contributed by atoms with Gasteiger partial charge in [-0.25, -0.2) is 15.0 Å². The molecular formula is C45H30N4O. The van der Waals surface area contributed by atoms with E-state index in [1.165, 1.54) is 16.7 Å². The molecule has 50 heavy (non-hydrogen) atoms. The van der Waals surface area contributed by atoms with Gasteiger partial charge in [0.2, 0.25) is 0 Å². The molecule has 9 rings (SSSR count). The normalized spacial score (nSPS) is 11.3. The highest BCUT2D eigenvalue weighted by Crippen LogP contribution is 2.38. The molecule has 0 atom stereocenters. The van der Waals surface area contributed by atoms with Gasteiger partial charge in [0.1, 0.15) is 5.58 Å². The summed E-state index contributed by atoms with van der Waals surface area (Å²) < 4.78 is 6.45. The largest absolute Gasteiger partial charge is 0.454 e. The second-order valence-corrected chi connectivity index (χ2v) is 12.4. The van der Waals surface area contributed by atoms with E-state index in [2.05, 4.69) is 121 Å². The Hall–Kier alpha value is -6.72. The lowest BCUT2D eigenvalue weighted by molar-refractivity contribution is 0.667. The first kappa shape index (κ1) is 29.4. The van der Waals surface area contributed by atoms with Crippen molar-refractivity contribution in [2.24, 2.45) is 0 Å². The van der Waals surface area contributed by atoms with Crippen LogP contribution in [0.25, 0.3) is 89.5 Å². The Bertz CT molecular complexity index is 2650. The summed E-state index contributed by atoms with van der Waals surface area (Å²) in [7, 11) is 0. The van der Waals surface area contributed by atoms with Gasteiger partial charge < -0.3 is 4.42 Å². The summed E-state index contributed by atoms with van der Waals surface area (Å²) in [5.41, 5.74) is 12.2. The van der Waals surface area contributed by atoms with Crippen LogP contribution in [0.15, 0.2) is 168 Å². The zero-order valence-corrected chi connectivity index (χ0v) is 27.3.